The first-order valence-corrected chi connectivity index (χ1v) is 10.3. The number of hydrogen-bond acceptors (Lipinski definition) is 4. The van der Waals surface area contributed by atoms with Gasteiger partial charge in [0, 0.05) is 25.1 Å². The van der Waals surface area contributed by atoms with E-state index in [1.54, 1.807) is 13.4 Å². The van der Waals surface area contributed by atoms with E-state index in [4.69, 9.17) is 9.73 Å². The van der Waals surface area contributed by atoms with Gasteiger partial charge in [-0.3, -0.25) is 0 Å². The number of aliphatic imine (C=N–C) groups is 1. The minimum absolute atomic E-state index is 0.122. The second kappa shape index (κ2) is 11.0. The zero-order valence-electron chi connectivity index (χ0n) is 17.9. The predicted octanol–water partition coefficient (Wildman–Crippen LogP) is 3.35. The Morgan fingerprint density at radius 2 is 1.90 bits per heavy atom. The number of aryl methyl sites for hydroxylation is 1. The van der Waals surface area contributed by atoms with Gasteiger partial charge in [0.05, 0.1) is 19.7 Å². The Bertz CT molecular complexity index is 938. The van der Waals surface area contributed by atoms with Gasteiger partial charge in [0.2, 0.25) is 0 Å². The molecule has 30 heavy (non-hydrogen) atoms. The Labute approximate surface area is 178 Å². The van der Waals surface area contributed by atoms with Crippen LogP contribution in [0.1, 0.15) is 36.8 Å². The van der Waals surface area contributed by atoms with Crippen molar-refractivity contribution in [1.82, 2.24) is 25.4 Å². The highest BCUT2D eigenvalue weighted by molar-refractivity contribution is 5.80. The van der Waals surface area contributed by atoms with Gasteiger partial charge in [-0.15, -0.1) is 10.2 Å². The lowest BCUT2D eigenvalue weighted by molar-refractivity contribution is 0.410. The zero-order valence-corrected chi connectivity index (χ0v) is 17.9. The summed E-state index contributed by atoms with van der Waals surface area (Å²) in [6, 6.07) is 18.4. The standard InChI is InChI=1S/C23H30N6O/c1-4-22-28-26-17-29(22)15-14-24-23(27-18(2)19-10-6-5-7-11-19)25-16-20-12-8-9-13-21(20)30-3/h5-13,17-18H,4,14-16H2,1-3H3,(H2,24,25,27). The molecule has 0 bridgehead atoms. The van der Waals surface area contributed by atoms with E-state index < -0.39 is 0 Å². The van der Waals surface area contributed by atoms with Crippen LogP contribution in [0.3, 0.4) is 0 Å². The van der Waals surface area contributed by atoms with Gasteiger partial charge < -0.3 is 19.9 Å². The Morgan fingerprint density at radius 3 is 2.67 bits per heavy atom. The van der Waals surface area contributed by atoms with Crippen LogP contribution in [0.5, 0.6) is 5.75 Å². The molecule has 1 aromatic heterocycles. The maximum absolute atomic E-state index is 5.46. The van der Waals surface area contributed by atoms with Crippen LogP contribution >= 0.6 is 0 Å². The summed E-state index contributed by atoms with van der Waals surface area (Å²) in [5.74, 6) is 2.58. The van der Waals surface area contributed by atoms with Crippen molar-refractivity contribution in [2.75, 3.05) is 13.7 Å². The SMILES string of the molecule is CCc1nncn1CCNC(=NCc1ccccc1OC)NC(C)c1ccccc1. The van der Waals surface area contributed by atoms with Gasteiger partial charge in [0.15, 0.2) is 5.96 Å². The molecule has 0 spiro atoms. The normalized spacial score (nSPS) is 12.4. The molecule has 0 aliphatic rings. The molecule has 3 aromatic rings. The third-order valence-corrected chi connectivity index (χ3v) is 4.91. The van der Waals surface area contributed by atoms with Crippen LogP contribution in [0.2, 0.25) is 0 Å². The second-order valence-corrected chi connectivity index (χ2v) is 6.97. The minimum atomic E-state index is 0.122. The number of ether oxygens (including phenoxy) is 1. The van der Waals surface area contributed by atoms with Crippen molar-refractivity contribution in [3.63, 3.8) is 0 Å². The van der Waals surface area contributed by atoms with E-state index in [0.29, 0.717) is 13.1 Å². The summed E-state index contributed by atoms with van der Waals surface area (Å²) in [5.41, 5.74) is 2.25. The molecule has 7 heteroatoms. The molecule has 1 atom stereocenters. The van der Waals surface area contributed by atoms with Crippen LogP contribution in [0.25, 0.3) is 0 Å². The zero-order chi connectivity index (χ0) is 21.2. The summed E-state index contributed by atoms with van der Waals surface area (Å²) in [7, 11) is 1.68. The van der Waals surface area contributed by atoms with Gasteiger partial charge in [-0.05, 0) is 18.6 Å². The maximum Gasteiger partial charge on any atom is 0.192 e. The first-order valence-electron chi connectivity index (χ1n) is 10.3. The third kappa shape index (κ3) is 5.83. The molecule has 0 fully saturated rings. The van der Waals surface area contributed by atoms with Crippen LogP contribution in [-0.2, 0) is 19.5 Å². The van der Waals surface area contributed by atoms with Crippen LogP contribution in [0, 0.1) is 0 Å². The predicted molar refractivity (Wildman–Crippen MR) is 120 cm³/mol. The topological polar surface area (TPSA) is 76.4 Å². The fourth-order valence-corrected chi connectivity index (χ4v) is 3.21. The van der Waals surface area contributed by atoms with Gasteiger partial charge in [0.25, 0.3) is 0 Å². The van der Waals surface area contributed by atoms with Crippen molar-refractivity contribution in [2.45, 2.75) is 39.4 Å². The Morgan fingerprint density at radius 1 is 1.13 bits per heavy atom. The molecular formula is C23H30N6O. The number of hydrogen-bond donors (Lipinski definition) is 2. The van der Waals surface area contributed by atoms with Gasteiger partial charge in [-0.1, -0.05) is 55.5 Å². The van der Waals surface area contributed by atoms with Gasteiger partial charge in [-0.2, -0.15) is 0 Å². The number of guanidine groups is 1. The number of methoxy groups -OCH3 is 1. The Balaban J connectivity index is 1.70. The van der Waals surface area contributed by atoms with Crippen molar-refractivity contribution >= 4 is 5.96 Å². The summed E-state index contributed by atoms with van der Waals surface area (Å²) in [6.45, 7) is 6.21. The molecule has 158 valence electrons. The van der Waals surface area contributed by atoms with Crippen molar-refractivity contribution in [2.24, 2.45) is 4.99 Å². The molecule has 1 unspecified atom stereocenters. The Hall–Kier alpha value is -3.35. The van der Waals surface area contributed by atoms with Crippen LogP contribution in [0.4, 0.5) is 0 Å². The van der Waals surface area contributed by atoms with Crippen molar-refractivity contribution in [3.8, 4) is 5.75 Å². The molecule has 1 heterocycles. The van der Waals surface area contributed by atoms with Crippen molar-refractivity contribution in [1.29, 1.82) is 0 Å². The third-order valence-electron chi connectivity index (χ3n) is 4.91. The molecule has 0 aliphatic carbocycles. The van der Waals surface area contributed by atoms with E-state index in [2.05, 4.69) is 51.4 Å². The van der Waals surface area contributed by atoms with E-state index in [-0.39, 0.29) is 6.04 Å². The van der Waals surface area contributed by atoms with Crippen LogP contribution < -0.4 is 15.4 Å². The van der Waals surface area contributed by atoms with Crippen molar-refractivity contribution < 1.29 is 4.74 Å². The molecule has 2 aromatic carbocycles. The molecule has 0 saturated carbocycles. The smallest absolute Gasteiger partial charge is 0.192 e. The Kier molecular flexibility index (Phi) is 7.83. The molecule has 7 nitrogen and oxygen atoms in total. The van der Waals surface area contributed by atoms with Gasteiger partial charge in [0.1, 0.15) is 17.9 Å². The summed E-state index contributed by atoms with van der Waals surface area (Å²) in [4.78, 5) is 4.80. The quantitative estimate of drug-likeness (QED) is 0.421. The summed E-state index contributed by atoms with van der Waals surface area (Å²) in [5, 5.41) is 15.1. The molecule has 0 aliphatic heterocycles. The fourth-order valence-electron chi connectivity index (χ4n) is 3.21. The number of para-hydroxylation sites is 1. The highest BCUT2D eigenvalue weighted by Gasteiger charge is 2.09. The van der Waals surface area contributed by atoms with Crippen LogP contribution in [-0.4, -0.2) is 34.4 Å². The van der Waals surface area contributed by atoms with E-state index >= 15 is 0 Å². The number of nitrogens with zero attached hydrogens (tertiary/aromatic N) is 4. The summed E-state index contributed by atoms with van der Waals surface area (Å²) >= 11 is 0. The van der Waals surface area contributed by atoms with E-state index in [1.807, 2.05) is 42.5 Å². The van der Waals surface area contributed by atoms with E-state index in [1.165, 1.54) is 5.56 Å². The number of nitrogens with one attached hydrogen (secondary N) is 2. The average Bonchev–Trinajstić information content (AvgIpc) is 3.25. The molecule has 2 N–H and O–H groups in total. The largest absolute Gasteiger partial charge is 0.496 e. The van der Waals surface area contributed by atoms with E-state index in [9.17, 15) is 0 Å². The second-order valence-electron chi connectivity index (χ2n) is 6.97. The van der Waals surface area contributed by atoms with Gasteiger partial charge >= 0.3 is 0 Å². The monoisotopic (exact) mass is 406 g/mol. The summed E-state index contributed by atoms with van der Waals surface area (Å²) < 4.78 is 7.52. The molecular weight excluding hydrogens is 376 g/mol. The highest BCUT2D eigenvalue weighted by atomic mass is 16.5. The maximum atomic E-state index is 5.46. The number of rotatable bonds is 9. The first-order chi connectivity index (χ1) is 14.7. The molecule has 3 rings (SSSR count). The first kappa shape index (κ1) is 21.4. The highest BCUT2D eigenvalue weighted by Crippen LogP contribution is 2.18. The molecule has 0 amide bonds. The minimum Gasteiger partial charge on any atom is -0.496 e. The summed E-state index contributed by atoms with van der Waals surface area (Å²) in [6.07, 6.45) is 2.63. The number of benzene rings is 2. The fraction of sp³-hybridized carbons (Fsp3) is 0.348. The lowest BCUT2D eigenvalue weighted by Gasteiger charge is -2.19. The average molecular weight is 407 g/mol. The number of aromatic nitrogens is 3. The van der Waals surface area contributed by atoms with Crippen molar-refractivity contribution in [3.05, 3.63) is 77.9 Å². The molecule has 0 radical (unpaired) electrons. The van der Waals surface area contributed by atoms with Gasteiger partial charge in [-0.25, -0.2) is 4.99 Å². The van der Waals surface area contributed by atoms with E-state index in [0.717, 1.165) is 36.1 Å². The van der Waals surface area contributed by atoms with Crippen LogP contribution in [0.15, 0.2) is 65.9 Å². The lowest BCUT2D eigenvalue weighted by atomic mass is 10.1. The lowest BCUT2D eigenvalue weighted by Crippen LogP contribution is -2.40. The molecule has 0 saturated heterocycles.